The second kappa shape index (κ2) is 11.0. The molecule has 0 spiro atoms. The zero-order valence-electron chi connectivity index (χ0n) is 26.5. The molecule has 3 nitrogen and oxygen atoms in total. The highest BCUT2D eigenvalue weighted by atomic mass is 16.3. The average molecular weight is 628 g/mol. The maximum atomic E-state index is 6.36. The quantitative estimate of drug-likeness (QED) is 0.190. The van der Waals surface area contributed by atoms with E-state index in [-0.39, 0.29) is 0 Å². The summed E-state index contributed by atoms with van der Waals surface area (Å²) in [6.45, 7) is 0. The van der Waals surface area contributed by atoms with E-state index in [0.717, 1.165) is 66.3 Å². The first kappa shape index (κ1) is 27.5. The van der Waals surface area contributed by atoms with Crippen molar-refractivity contribution in [3.8, 4) is 22.3 Å². The molecule has 0 bridgehead atoms. The zero-order chi connectivity index (χ0) is 32.3. The number of nitrogens with zero attached hydrogens (tertiary/aromatic N) is 1. The number of hydrogen-bond donors (Lipinski definition) is 0. The van der Waals surface area contributed by atoms with Gasteiger partial charge in [0.05, 0.1) is 11.1 Å². The number of rotatable bonds is 5. The van der Waals surface area contributed by atoms with Crippen LogP contribution in [0.4, 0.5) is 17.1 Å². The van der Waals surface area contributed by atoms with E-state index in [1.165, 1.54) is 27.6 Å². The minimum Gasteiger partial charge on any atom is -0.456 e. The maximum absolute atomic E-state index is 6.36. The topological polar surface area (TPSA) is 29.5 Å². The Kier molecular flexibility index (Phi) is 6.18. The van der Waals surface area contributed by atoms with Gasteiger partial charge in [0.15, 0.2) is 0 Å². The maximum Gasteiger partial charge on any atom is 0.137 e. The third kappa shape index (κ3) is 4.44. The Morgan fingerprint density at radius 1 is 0.347 bits per heavy atom. The van der Waals surface area contributed by atoms with Crippen LogP contribution in [-0.2, 0) is 0 Å². The first-order chi connectivity index (χ1) is 24.3. The van der Waals surface area contributed by atoms with Gasteiger partial charge in [-0.05, 0) is 87.6 Å². The second-order valence-electron chi connectivity index (χ2n) is 12.5. The molecular formula is C46H29NO2. The van der Waals surface area contributed by atoms with E-state index in [2.05, 4.69) is 157 Å². The van der Waals surface area contributed by atoms with Gasteiger partial charge in [-0.1, -0.05) is 121 Å². The molecule has 0 unspecified atom stereocenters. The molecule has 2 heterocycles. The normalized spacial score (nSPS) is 11.7. The van der Waals surface area contributed by atoms with Crippen LogP contribution in [0.3, 0.4) is 0 Å². The first-order valence-electron chi connectivity index (χ1n) is 16.6. The Bertz CT molecular complexity index is 2830. The molecule has 0 radical (unpaired) electrons. The lowest BCUT2D eigenvalue weighted by Crippen LogP contribution is -2.10. The Balaban J connectivity index is 1.17. The van der Waals surface area contributed by atoms with E-state index >= 15 is 0 Å². The molecule has 0 amide bonds. The predicted octanol–water partition coefficient (Wildman–Crippen LogP) is 13.4. The van der Waals surface area contributed by atoms with Crippen molar-refractivity contribution in [2.45, 2.75) is 0 Å². The SMILES string of the molecule is c1ccc(-c2ccccc2-c2ccc(N(c3ccc4c(ccc5oc6ccccc6c54)c3)c3cccc4oc5ccccc5c34)cc2)cc1. The van der Waals surface area contributed by atoms with Crippen LogP contribution in [0.2, 0.25) is 0 Å². The van der Waals surface area contributed by atoms with Crippen molar-refractivity contribution in [3.05, 3.63) is 176 Å². The summed E-state index contributed by atoms with van der Waals surface area (Å²) in [5.74, 6) is 0. The summed E-state index contributed by atoms with van der Waals surface area (Å²) < 4.78 is 12.6. The first-order valence-corrected chi connectivity index (χ1v) is 16.6. The van der Waals surface area contributed by atoms with Crippen molar-refractivity contribution in [2.75, 3.05) is 4.90 Å². The standard InChI is InChI=1S/C46H29NO2/c1-2-11-30(12-3-1)35-13-4-5-14-36(35)31-21-24-33(25-22-31)47(40-17-10-20-43-46(40)39-16-7-9-19-42(39)48-43)34-26-27-37-32(29-34)23-28-44-45(37)38-15-6-8-18-41(38)49-44/h1-29H. The minimum absolute atomic E-state index is 0.865. The fraction of sp³-hybridized carbons (Fsp3) is 0. The van der Waals surface area contributed by atoms with Crippen LogP contribution in [0.5, 0.6) is 0 Å². The number of para-hydroxylation sites is 2. The summed E-state index contributed by atoms with van der Waals surface area (Å²) in [5.41, 5.74) is 11.5. The van der Waals surface area contributed by atoms with E-state index in [0.29, 0.717) is 0 Å². The molecule has 0 saturated carbocycles. The highest BCUT2D eigenvalue weighted by Gasteiger charge is 2.21. The summed E-state index contributed by atoms with van der Waals surface area (Å²) >= 11 is 0. The van der Waals surface area contributed by atoms with Crippen LogP contribution in [-0.4, -0.2) is 0 Å². The summed E-state index contributed by atoms with van der Waals surface area (Å²) in [5, 5.41) is 6.79. The lowest BCUT2D eigenvalue weighted by molar-refractivity contribution is 0.668. The van der Waals surface area contributed by atoms with Gasteiger partial charge in [-0.25, -0.2) is 0 Å². The molecule has 0 aliphatic carbocycles. The monoisotopic (exact) mass is 627 g/mol. The second-order valence-corrected chi connectivity index (χ2v) is 12.5. The van der Waals surface area contributed by atoms with Crippen molar-refractivity contribution in [1.82, 2.24) is 0 Å². The van der Waals surface area contributed by atoms with Crippen LogP contribution >= 0.6 is 0 Å². The van der Waals surface area contributed by atoms with Gasteiger partial charge in [0.1, 0.15) is 22.3 Å². The van der Waals surface area contributed by atoms with E-state index in [4.69, 9.17) is 8.83 Å². The summed E-state index contributed by atoms with van der Waals surface area (Å²) in [6.07, 6.45) is 0. The van der Waals surface area contributed by atoms with Crippen LogP contribution in [0.15, 0.2) is 185 Å². The van der Waals surface area contributed by atoms with E-state index in [1.54, 1.807) is 0 Å². The molecular weight excluding hydrogens is 599 g/mol. The van der Waals surface area contributed by atoms with E-state index < -0.39 is 0 Å². The molecule has 0 aliphatic heterocycles. The van der Waals surface area contributed by atoms with Gasteiger partial charge in [0.2, 0.25) is 0 Å². The Hall–Kier alpha value is -6.58. The van der Waals surface area contributed by atoms with Gasteiger partial charge in [-0.15, -0.1) is 0 Å². The Labute approximate surface area is 282 Å². The number of benzene rings is 8. The van der Waals surface area contributed by atoms with Crippen molar-refractivity contribution < 1.29 is 8.83 Å². The molecule has 49 heavy (non-hydrogen) atoms. The zero-order valence-corrected chi connectivity index (χ0v) is 26.5. The average Bonchev–Trinajstić information content (AvgIpc) is 3.75. The van der Waals surface area contributed by atoms with Gasteiger partial charge in [-0.3, -0.25) is 0 Å². The highest BCUT2D eigenvalue weighted by molar-refractivity contribution is 6.19. The predicted molar refractivity (Wildman–Crippen MR) is 204 cm³/mol. The molecule has 230 valence electrons. The lowest BCUT2D eigenvalue weighted by atomic mass is 9.94. The van der Waals surface area contributed by atoms with Gasteiger partial charge in [0.25, 0.3) is 0 Å². The van der Waals surface area contributed by atoms with Gasteiger partial charge >= 0.3 is 0 Å². The molecule has 3 heteroatoms. The molecule has 0 atom stereocenters. The van der Waals surface area contributed by atoms with Crippen molar-refractivity contribution in [3.63, 3.8) is 0 Å². The number of furan rings is 2. The Morgan fingerprint density at radius 2 is 0.918 bits per heavy atom. The third-order valence-corrected chi connectivity index (χ3v) is 9.67. The molecule has 2 aromatic heterocycles. The smallest absolute Gasteiger partial charge is 0.137 e. The summed E-state index contributed by atoms with van der Waals surface area (Å²) in [4.78, 5) is 2.36. The molecule has 0 saturated heterocycles. The lowest BCUT2D eigenvalue weighted by Gasteiger charge is -2.27. The summed E-state index contributed by atoms with van der Waals surface area (Å²) in [7, 11) is 0. The minimum atomic E-state index is 0.865. The number of fused-ring (bicyclic) bond motifs is 8. The molecule has 8 aromatic carbocycles. The van der Waals surface area contributed by atoms with Gasteiger partial charge < -0.3 is 13.7 Å². The van der Waals surface area contributed by atoms with Gasteiger partial charge in [-0.2, -0.15) is 0 Å². The van der Waals surface area contributed by atoms with E-state index in [1.807, 2.05) is 24.3 Å². The number of anilines is 3. The van der Waals surface area contributed by atoms with Gasteiger partial charge in [0, 0.05) is 27.5 Å². The molecule has 0 aliphatic rings. The largest absolute Gasteiger partial charge is 0.456 e. The van der Waals surface area contributed by atoms with Crippen molar-refractivity contribution in [1.29, 1.82) is 0 Å². The van der Waals surface area contributed by atoms with Crippen LogP contribution in [0.25, 0.3) is 76.9 Å². The van der Waals surface area contributed by atoms with Crippen LogP contribution in [0, 0.1) is 0 Å². The van der Waals surface area contributed by atoms with Crippen LogP contribution < -0.4 is 4.90 Å². The molecule has 10 rings (SSSR count). The molecule has 10 aromatic rings. The van der Waals surface area contributed by atoms with Crippen molar-refractivity contribution in [2.24, 2.45) is 0 Å². The third-order valence-electron chi connectivity index (χ3n) is 9.67. The fourth-order valence-electron chi connectivity index (χ4n) is 7.44. The van der Waals surface area contributed by atoms with E-state index in [9.17, 15) is 0 Å². The van der Waals surface area contributed by atoms with Crippen molar-refractivity contribution >= 4 is 71.7 Å². The molecule has 0 fully saturated rings. The number of hydrogen-bond acceptors (Lipinski definition) is 3. The highest BCUT2D eigenvalue weighted by Crippen LogP contribution is 2.45. The Morgan fingerprint density at radius 3 is 1.65 bits per heavy atom. The molecule has 0 N–H and O–H groups in total. The summed E-state index contributed by atoms with van der Waals surface area (Å²) in [6, 6.07) is 62.1. The fourth-order valence-corrected chi connectivity index (χ4v) is 7.44. The van der Waals surface area contributed by atoms with Crippen LogP contribution in [0.1, 0.15) is 0 Å².